The molecule has 0 bridgehead atoms. The third-order valence-corrected chi connectivity index (χ3v) is 1.94. The van der Waals surface area contributed by atoms with Gasteiger partial charge in [-0.25, -0.2) is 9.69 Å². The highest BCUT2D eigenvalue weighted by atomic mass is 16.2. The number of carbonyl (C=O) groups is 3. The number of nitrogens with zero attached hydrogens (tertiary/aromatic N) is 2. The smallest absolute Gasteiger partial charge is 0.269 e. The van der Waals surface area contributed by atoms with E-state index in [1.165, 1.54) is 6.20 Å². The fourth-order valence-corrected chi connectivity index (χ4v) is 1.30. The summed E-state index contributed by atoms with van der Waals surface area (Å²) in [6.07, 6.45) is 2.94. The zero-order valence-electron chi connectivity index (χ0n) is 7.85. The van der Waals surface area contributed by atoms with Crippen LogP contribution in [0, 0.1) is 6.92 Å². The second-order valence-electron chi connectivity index (χ2n) is 3.12. The molecular formula is C9H7N3O3. The molecule has 15 heavy (non-hydrogen) atoms. The Morgan fingerprint density at radius 2 is 2.00 bits per heavy atom. The number of urea groups is 1. The van der Waals surface area contributed by atoms with Gasteiger partial charge in [-0.3, -0.25) is 19.9 Å². The van der Waals surface area contributed by atoms with Crippen molar-refractivity contribution in [2.45, 2.75) is 6.92 Å². The van der Waals surface area contributed by atoms with E-state index in [9.17, 15) is 14.4 Å². The number of carbonyl (C=O) groups excluding carboxylic acids is 3. The van der Waals surface area contributed by atoms with Crippen LogP contribution in [-0.4, -0.2) is 22.8 Å². The number of imide groups is 2. The van der Waals surface area contributed by atoms with Crippen LogP contribution in [0.25, 0.3) is 0 Å². The predicted octanol–water partition coefficient (Wildman–Crippen LogP) is -0.0272. The minimum absolute atomic E-state index is 0.295. The Balaban J connectivity index is 2.43. The van der Waals surface area contributed by atoms with E-state index in [2.05, 4.69) is 4.98 Å². The maximum atomic E-state index is 11.3. The maximum Gasteiger partial charge on any atom is 0.336 e. The molecule has 0 radical (unpaired) electrons. The first-order valence-corrected chi connectivity index (χ1v) is 4.20. The quantitative estimate of drug-likeness (QED) is 0.516. The Hall–Kier alpha value is -2.24. The van der Waals surface area contributed by atoms with E-state index in [-0.39, 0.29) is 0 Å². The fourth-order valence-electron chi connectivity index (χ4n) is 1.30. The molecule has 0 spiro atoms. The van der Waals surface area contributed by atoms with Gasteiger partial charge in [-0.05, 0) is 18.6 Å². The molecule has 0 aliphatic carbocycles. The van der Waals surface area contributed by atoms with Gasteiger partial charge in [0.2, 0.25) is 0 Å². The molecule has 1 saturated heterocycles. The summed E-state index contributed by atoms with van der Waals surface area (Å²) in [4.78, 5) is 38.1. The summed E-state index contributed by atoms with van der Waals surface area (Å²) in [6.45, 7) is 1.77. The van der Waals surface area contributed by atoms with Crippen LogP contribution in [0.5, 0.6) is 0 Å². The zero-order chi connectivity index (χ0) is 11.0. The highest BCUT2D eigenvalue weighted by Gasteiger charge is 2.38. The van der Waals surface area contributed by atoms with Crippen molar-refractivity contribution in [1.82, 2.24) is 10.3 Å². The highest BCUT2D eigenvalue weighted by Crippen LogP contribution is 2.17. The number of rotatable bonds is 1. The van der Waals surface area contributed by atoms with Crippen molar-refractivity contribution < 1.29 is 14.4 Å². The van der Waals surface area contributed by atoms with Crippen molar-refractivity contribution in [2.24, 2.45) is 0 Å². The lowest BCUT2D eigenvalue weighted by atomic mass is 10.3. The van der Waals surface area contributed by atoms with Gasteiger partial charge in [-0.1, -0.05) is 0 Å². The molecular weight excluding hydrogens is 198 g/mol. The lowest BCUT2D eigenvalue weighted by Crippen LogP contribution is -2.30. The van der Waals surface area contributed by atoms with E-state index in [1.807, 2.05) is 5.32 Å². The van der Waals surface area contributed by atoms with E-state index in [0.717, 1.165) is 10.5 Å². The number of hydrogen-bond acceptors (Lipinski definition) is 4. The number of pyridine rings is 1. The standard InChI is InChI=1S/C9H7N3O3/c1-5-2-6(4-10-3-5)12-8(14)7(13)11-9(12)15/h2-4H,1H3,(H,11,13,15). The van der Waals surface area contributed by atoms with Crippen LogP contribution < -0.4 is 10.2 Å². The first kappa shape index (κ1) is 9.32. The molecule has 1 aromatic rings. The molecule has 1 fully saturated rings. The Bertz CT molecular complexity index is 469. The van der Waals surface area contributed by atoms with Crippen LogP contribution in [0.15, 0.2) is 18.5 Å². The Kier molecular flexibility index (Phi) is 1.96. The van der Waals surface area contributed by atoms with Crippen molar-refractivity contribution in [3.05, 3.63) is 24.0 Å². The Morgan fingerprint density at radius 1 is 1.27 bits per heavy atom. The summed E-state index contributed by atoms with van der Waals surface area (Å²) in [7, 11) is 0. The number of nitrogens with one attached hydrogen (secondary N) is 1. The van der Waals surface area contributed by atoms with E-state index < -0.39 is 17.8 Å². The summed E-state index contributed by atoms with van der Waals surface area (Å²) < 4.78 is 0. The van der Waals surface area contributed by atoms with Gasteiger partial charge in [0.25, 0.3) is 0 Å². The highest BCUT2D eigenvalue weighted by molar-refractivity contribution is 6.52. The molecule has 6 nitrogen and oxygen atoms in total. The number of amides is 4. The topological polar surface area (TPSA) is 79.4 Å². The van der Waals surface area contributed by atoms with Gasteiger partial charge in [0.15, 0.2) is 0 Å². The van der Waals surface area contributed by atoms with E-state index in [4.69, 9.17) is 0 Å². The second kappa shape index (κ2) is 3.16. The van der Waals surface area contributed by atoms with Gasteiger partial charge in [-0.2, -0.15) is 0 Å². The first-order valence-electron chi connectivity index (χ1n) is 4.20. The third-order valence-electron chi connectivity index (χ3n) is 1.94. The normalized spacial score (nSPS) is 15.8. The van der Waals surface area contributed by atoms with Crippen LogP contribution in [0.2, 0.25) is 0 Å². The molecule has 2 rings (SSSR count). The predicted molar refractivity (Wildman–Crippen MR) is 50.0 cm³/mol. The van der Waals surface area contributed by atoms with Crippen LogP contribution in [0.1, 0.15) is 5.56 Å². The Morgan fingerprint density at radius 3 is 2.53 bits per heavy atom. The van der Waals surface area contributed by atoms with Crippen LogP contribution >= 0.6 is 0 Å². The van der Waals surface area contributed by atoms with E-state index in [1.54, 1.807) is 19.2 Å². The molecule has 76 valence electrons. The number of anilines is 1. The molecule has 1 aliphatic heterocycles. The average molecular weight is 205 g/mol. The van der Waals surface area contributed by atoms with Gasteiger partial charge < -0.3 is 0 Å². The van der Waals surface area contributed by atoms with Crippen molar-refractivity contribution in [3.63, 3.8) is 0 Å². The van der Waals surface area contributed by atoms with Gasteiger partial charge in [0, 0.05) is 6.20 Å². The molecule has 0 saturated carbocycles. The van der Waals surface area contributed by atoms with Crippen LogP contribution in [0.3, 0.4) is 0 Å². The monoisotopic (exact) mass is 205 g/mol. The minimum atomic E-state index is -0.915. The number of aromatic nitrogens is 1. The lowest BCUT2D eigenvalue weighted by molar-refractivity contribution is -0.134. The molecule has 0 unspecified atom stereocenters. The minimum Gasteiger partial charge on any atom is -0.269 e. The molecule has 0 aromatic carbocycles. The van der Waals surface area contributed by atoms with Gasteiger partial charge in [-0.15, -0.1) is 0 Å². The summed E-state index contributed by atoms with van der Waals surface area (Å²) in [5.74, 6) is -1.80. The maximum absolute atomic E-state index is 11.3. The Labute approximate surface area is 84.9 Å². The van der Waals surface area contributed by atoms with Crippen molar-refractivity contribution in [2.75, 3.05) is 4.90 Å². The average Bonchev–Trinajstić information content (AvgIpc) is 2.41. The molecule has 4 amide bonds. The molecule has 1 aliphatic rings. The lowest BCUT2D eigenvalue weighted by Gasteiger charge is -2.10. The van der Waals surface area contributed by atoms with Crippen molar-refractivity contribution in [3.8, 4) is 0 Å². The molecule has 2 heterocycles. The summed E-state index contributed by atoms with van der Waals surface area (Å²) in [5, 5.41) is 1.91. The van der Waals surface area contributed by atoms with Crippen molar-refractivity contribution in [1.29, 1.82) is 0 Å². The van der Waals surface area contributed by atoms with Gasteiger partial charge in [0.1, 0.15) is 0 Å². The number of aryl methyl sites for hydroxylation is 1. The largest absolute Gasteiger partial charge is 0.336 e. The second-order valence-corrected chi connectivity index (χ2v) is 3.12. The SMILES string of the molecule is Cc1cncc(N2C(=O)NC(=O)C2=O)c1. The van der Waals surface area contributed by atoms with E-state index in [0.29, 0.717) is 5.69 Å². The zero-order valence-corrected chi connectivity index (χ0v) is 7.85. The van der Waals surface area contributed by atoms with E-state index >= 15 is 0 Å². The molecule has 1 N–H and O–H groups in total. The summed E-state index contributed by atoms with van der Waals surface area (Å²) in [5.41, 5.74) is 1.09. The molecule has 6 heteroatoms. The van der Waals surface area contributed by atoms with Crippen LogP contribution in [0.4, 0.5) is 10.5 Å². The summed E-state index contributed by atoms with van der Waals surface area (Å²) >= 11 is 0. The first-order chi connectivity index (χ1) is 7.09. The number of hydrogen-bond donors (Lipinski definition) is 1. The third kappa shape index (κ3) is 1.45. The summed E-state index contributed by atoms with van der Waals surface area (Å²) in [6, 6.07) is 0.862. The van der Waals surface area contributed by atoms with Gasteiger partial charge >= 0.3 is 17.8 Å². The fraction of sp³-hybridized carbons (Fsp3) is 0.111. The van der Waals surface area contributed by atoms with Crippen LogP contribution in [-0.2, 0) is 9.59 Å². The van der Waals surface area contributed by atoms with Gasteiger partial charge in [0.05, 0.1) is 11.9 Å². The molecule has 0 atom stereocenters. The van der Waals surface area contributed by atoms with Crippen molar-refractivity contribution >= 4 is 23.5 Å². The molecule has 1 aromatic heterocycles.